The van der Waals surface area contributed by atoms with E-state index in [1.54, 1.807) is 11.3 Å². The molecule has 3 nitrogen and oxygen atoms in total. The molecule has 29 heavy (non-hydrogen) atoms. The van der Waals surface area contributed by atoms with Gasteiger partial charge in [-0.3, -0.25) is 9.59 Å². The summed E-state index contributed by atoms with van der Waals surface area (Å²) < 4.78 is 0.905. The van der Waals surface area contributed by atoms with Crippen LogP contribution in [-0.2, 0) is 15.1 Å². The van der Waals surface area contributed by atoms with E-state index < -0.39 is 11.5 Å². The largest absolute Gasteiger partial charge is 0.341 e. The molecule has 1 aromatic heterocycles. The first-order chi connectivity index (χ1) is 14.0. The Bertz CT molecular complexity index is 1040. The number of Topliss-reactive ketones (excluding diaryl/α,β-unsaturated/α-hetero) is 1. The van der Waals surface area contributed by atoms with Gasteiger partial charge in [0, 0.05) is 21.5 Å². The molecule has 7 heteroatoms. The van der Waals surface area contributed by atoms with Crippen LogP contribution in [0.2, 0.25) is 5.02 Å². The van der Waals surface area contributed by atoms with E-state index >= 15 is 0 Å². The third-order valence-electron chi connectivity index (χ3n) is 5.05. The molecule has 1 aliphatic rings. The van der Waals surface area contributed by atoms with Crippen molar-refractivity contribution in [1.82, 2.24) is 5.32 Å². The van der Waals surface area contributed by atoms with Crippen LogP contribution in [0.3, 0.4) is 0 Å². The van der Waals surface area contributed by atoms with Crippen LogP contribution < -0.4 is 5.32 Å². The summed E-state index contributed by atoms with van der Waals surface area (Å²) >= 11 is 12.7. The highest BCUT2D eigenvalue weighted by atomic mass is 79.9. The lowest BCUT2D eigenvalue weighted by molar-refractivity contribution is -0.138. The maximum absolute atomic E-state index is 13.2. The van der Waals surface area contributed by atoms with E-state index in [0.29, 0.717) is 10.8 Å². The van der Waals surface area contributed by atoms with Gasteiger partial charge in [0.15, 0.2) is 0 Å². The first kappa shape index (κ1) is 20.7. The second-order valence-electron chi connectivity index (χ2n) is 6.85. The van der Waals surface area contributed by atoms with Crippen LogP contribution in [0.1, 0.15) is 17.5 Å². The average Bonchev–Trinajstić information content (AvgIpc) is 3.24. The van der Waals surface area contributed by atoms with Crippen molar-refractivity contribution in [3.05, 3.63) is 86.0 Å². The second kappa shape index (κ2) is 8.64. The minimum absolute atomic E-state index is 0.0560. The van der Waals surface area contributed by atoms with E-state index in [1.165, 1.54) is 11.8 Å². The zero-order valence-electron chi connectivity index (χ0n) is 15.2. The van der Waals surface area contributed by atoms with Crippen LogP contribution in [-0.4, -0.2) is 17.4 Å². The van der Waals surface area contributed by atoms with Crippen molar-refractivity contribution in [2.45, 2.75) is 16.9 Å². The SMILES string of the molecule is O=C1CC(c2ccsc2)(c2cccc(Br)c2)NC(=O)C1CSc1ccccc1Cl. The molecular formula is C22H17BrClNO2S2. The van der Waals surface area contributed by atoms with E-state index in [4.69, 9.17) is 11.6 Å². The zero-order chi connectivity index (χ0) is 20.4. The fourth-order valence-electron chi connectivity index (χ4n) is 3.55. The molecule has 2 heterocycles. The minimum Gasteiger partial charge on any atom is -0.341 e. The van der Waals surface area contributed by atoms with Crippen LogP contribution in [0.25, 0.3) is 0 Å². The maximum Gasteiger partial charge on any atom is 0.232 e. The molecule has 0 radical (unpaired) electrons. The lowest BCUT2D eigenvalue weighted by atomic mass is 9.75. The molecule has 2 unspecified atom stereocenters. The Labute approximate surface area is 191 Å². The number of hydrogen-bond donors (Lipinski definition) is 1. The summed E-state index contributed by atoms with van der Waals surface area (Å²) in [5.74, 6) is -0.631. The molecule has 3 aromatic rings. The van der Waals surface area contributed by atoms with Gasteiger partial charge in [0.25, 0.3) is 0 Å². The zero-order valence-corrected chi connectivity index (χ0v) is 19.2. The second-order valence-corrected chi connectivity index (χ2v) is 10.0. The van der Waals surface area contributed by atoms with Crippen molar-refractivity contribution in [1.29, 1.82) is 0 Å². The van der Waals surface area contributed by atoms with Crippen molar-refractivity contribution in [3.63, 3.8) is 0 Å². The van der Waals surface area contributed by atoms with Gasteiger partial charge in [-0.05, 0) is 52.2 Å². The Hall–Kier alpha value is -1.60. The topological polar surface area (TPSA) is 46.2 Å². The molecule has 2 aromatic carbocycles. The lowest BCUT2D eigenvalue weighted by Crippen LogP contribution is -2.57. The van der Waals surface area contributed by atoms with Crippen molar-refractivity contribution in [2.75, 3.05) is 5.75 Å². The minimum atomic E-state index is -0.844. The highest BCUT2D eigenvalue weighted by Crippen LogP contribution is 2.40. The summed E-state index contributed by atoms with van der Waals surface area (Å²) in [5, 5.41) is 7.77. The highest BCUT2D eigenvalue weighted by Gasteiger charge is 2.47. The Morgan fingerprint density at radius 1 is 1.14 bits per heavy atom. The summed E-state index contributed by atoms with van der Waals surface area (Å²) in [5.41, 5.74) is 0.979. The van der Waals surface area contributed by atoms with Gasteiger partial charge in [0.2, 0.25) is 5.91 Å². The number of piperidine rings is 1. The van der Waals surface area contributed by atoms with Crippen LogP contribution in [0, 0.1) is 5.92 Å². The van der Waals surface area contributed by atoms with E-state index in [-0.39, 0.29) is 18.1 Å². The van der Waals surface area contributed by atoms with Crippen LogP contribution >= 0.6 is 50.6 Å². The van der Waals surface area contributed by atoms with E-state index in [1.807, 2.05) is 65.4 Å². The molecule has 4 rings (SSSR count). The predicted molar refractivity (Wildman–Crippen MR) is 123 cm³/mol. The molecule has 0 spiro atoms. The lowest BCUT2D eigenvalue weighted by Gasteiger charge is -2.40. The molecule has 1 fully saturated rings. The van der Waals surface area contributed by atoms with Gasteiger partial charge in [-0.2, -0.15) is 11.3 Å². The smallest absolute Gasteiger partial charge is 0.232 e. The summed E-state index contributed by atoms with van der Waals surface area (Å²) in [6.07, 6.45) is 0.222. The molecule has 1 aliphatic heterocycles. The monoisotopic (exact) mass is 505 g/mol. The number of hydrogen-bond acceptors (Lipinski definition) is 4. The Morgan fingerprint density at radius 3 is 2.66 bits per heavy atom. The van der Waals surface area contributed by atoms with Crippen molar-refractivity contribution < 1.29 is 9.59 Å². The molecule has 1 N–H and O–H groups in total. The van der Waals surface area contributed by atoms with Gasteiger partial charge in [-0.25, -0.2) is 0 Å². The number of nitrogens with one attached hydrogen (secondary N) is 1. The van der Waals surface area contributed by atoms with E-state index in [2.05, 4.69) is 21.2 Å². The van der Waals surface area contributed by atoms with Crippen LogP contribution in [0.5, 0.6) is 0 Å². The molecule has 0 aliphatic carbocycles. The van der Waals surface area contributed by atoms with Gasteiger partial charge >= 0.3 is 0 Å². The van der Waals surface area contributed by atoms with Crippen LogP contribution in [0.15, 0.2) is 74.7 Å². The van der Waals surface area contributed by atoms with E-state index in [0.717, 1.165) is 20.5 Å². The molecule has 2 atom stereocenters. The van der Waals surface area contributed by atoms with Gasteiger partial charge < -0.3 is 5.32 Å². The Balaban J connectivity index is 1.62. The summed E-state index contributed by atoms with van der Waals surface area (Å²) in [6.45, 7) is 0. The third-order valence-corrected chi connectivity index (χ3v) is 7.84. The van der Waals surface area contributed by atoms with Gasteiger partial charge in [0.1, 0.15) is 11.7 Å². The normalized spacial score (nSPS) is 21.8. The number of rotatable bonds is 5. The Morgan fingerprint density at radius 2 is 1.97 bits per heavy atom. The molecule has 1 amide bonds. The quantitative estimate of drug-likeness (QED) is 0.346. The summed E-state index contributed by atoms with van der Waals surface area (Å²) in [4.78, 5) is 27.1. The van der Waals surface area contributed by atoms with Crippen LogP contribution in [0.4, 0.5) is 0 Å². The number of thiophene rings is 1. The number of carbonyl (C=O) groups excluding carboxylic acids is 2. The molecular weight excluding hydrogens is 490 g/mol. The fourth-order valence-corrected chi connectivity index (χ4v) is 6.05. The maximum atomic E-state index is 13.2. The first-order valence-corrected chi connectivity index (χ1v) is 12.1. The first-order valence-electron chi connectivity index (χ1n) is 9.00. The number of thioether (sulfide) groups is 1. The number of ketones is 1. The predicted octanol–water partition coefficient (Wildman–Crippen LogP) is 5.91. The van der Waals surface area contributed by atoms with Gasteiger partial charge in [-0.1, -0.05) is 51.8 Å². The van der Waals surface area contributed by atoms with Gasteiger partial charge in [-0.15, -0.1) is 11.8 Å². The number of halogens is 2. The van der Waals surface area contributed by atoms with Crippen molar-refractivity contribution in [2.24, 2.45) is 5.92 Å². The fraction of sp³-hybridized carbons (Fsp3) is 0.182. The summed E-state index contributed by atoms with van der Waals surface area (Å²) in [6, 6.07) is 17.2. The van der Waals surface area contributed by atoms with Crippen molar-refractivity contribution >= 4 is 62.3 Å². The molecule has 1 saturated heterocycles. The van der Waals surface area contributed by atoms with Gasteiger partial charge in [0.05, 0.1) is 10.6 Å². The Kier molecular flexibility index (Phi) is 6.16. The summed E-state index contributed by atoms with van der Waals surface area (Å²) in [7, 11) is 0. The van der Waals surface area contributed by atoms with E-state index in [9.17, 15) is 9.59 Å². The average molecular weight is 507 g/mol. The molecule has 0 bridgehead atoms. The number of amides is 1. The number of carbonyl (C=O) groups is 2. The third kappa shape index (κ3) is 4.17. The standard InChI is InChI=1S/C22H17BrClNO2S2/c23-16-5-3-4-14(10-16)22(15-8-9-28-12-15)11-19(26)17(21(27)25-22)13-29-20-7-2-1-6-18(20)24/h1-10,12,17H,11,13H2,(H,25,27). The number of benzene rings is 2. The van der Waals surface area contributed by atoms with Crippen molar-refractivity contribution in [3.8, 4) is 0 Å². The highest BCUT2D eigenvalue weighted by molar-refractivity contribution is 9.10. The molecule has 148 valence electrons. The molecule has 0 saturated carbocycles.